The fourth-order valence-electron chi connectivity index (χ4n) is 3.44. The summed E-state index contributed by atoms with van der Waals surface area (Å²) < 4.78 is 11.1. The van der Waals surface area contributed by atoms with E-state index in [1.807, 2.05) is 27.7 Å². The van der Waals surface area contributed by atoms with Crippen molar-refractivity contribution in [2.45, 2.75) is 77.0 Å². The molecule has 0 aromatic rings. The predicted molar refractivity (Wildman–Crippen MR) is 83.8 cm³/mol. The van der Waals surface area contributed by atoms with E-state index in [1.54, 1.807) is 13.8 Å². The number of nitrogens with one attached hydrogen (secondary N) is 1. The molecule has 3 atom stereocenters. The van der Waals surface area contributed by atoms with E-state index in [9.17, 15) is 15.1 Å². The highest BCUT2D eigenvalue weighted by Gasteiger charge is 2.54. The lowest BCUT2D eigenvalue weighted by atomic mass is 9.86. The molecule has 0 aromatic heterocycles. The second kappa shape index (κ2) is 5.97. The lowest BCUT2D eigenvalue weighted by Crippen LogP contribution is -2.53. The van der Waals surface area contributed by atoms with Gasteiger partial charge in [0.15, 0.2) is 5.79 Å². The molecule has 1 amide bonds. The molecule has 23 heavy (non-hydrogen) atoms. The third-order valence-corrected chi connectivity index (χ3v) is 5.00. The van der Waals surface area contributed by atoms with Gasteiger partial charge in [0, 0.05) is 5.54 Å². The van der Waals surface area contributed by atoms with Crippen LogP contribution >= 0.6 is 0 Å². The Morgan fingerprint density at radius 3 is 2.22 bits per heavy atom. The number of aliphatic hydroxyl groups excluding tert-OH is 1. The number of hydrogen-bond acceptors (Lipinski definition) is 6. The minimum atomic E-state index is -0.830. The van der Waals surface area contributed by atoms with Gasteiger partial charge in [0.1, 0.15) is 0 Å². The van der Waals surface area contributed by atoms with Gasteiger partial charge in [-0.2, -0.15) is 5.06 Å². The van der Waals surface area contributed by atoms with Crippen LogP contribution in [-0.4, -0.2) is 63.5 Å². The Morgan fingerprint density at radius 2 is 1.70 bits per heavy atom. The summed E-state index contributed by atoms with van der Waals surface area (Å²) in [5, 5.41) is 24.6. The van der Waals surface area contributed by atoms with Crippen molar-refractivity contribution in [3.05, 3.63) is 0 Å². The largest absolute Gasteiger partial charge is 0.388 e. The van der Waals surface area contributed by atoms with Gasteiger partial charge in [-0.05, 0) is 48.0 Å². The lowest BCUT2D eigenvalue weighted by molar-refractivity contribution is -0.204. The highest BCUT2D eigenvalue weighted by atomic mass is 16.7. The quantitative estimate of drug-likeness (QED) is 0.696. The highest BCUT2D eigenvalue weighted by molar-refractivity contribution is 5.81. The molecule has 3 N–H and O–H groups in total. The van der Waals surface area contributed by atoms with E-state index >= 15 is 0 Å². The van der Waals surface area contributed by atoms with Gasteiger partial charge in [0.2, 0.25) is 5.91 Å². The summed E-state index contributed by atoms with van der Waals surface area (Å²) in [6, 6.07) is -0.532. The Balaban J connectivity index is 2.07. The Kier molecular flexibility index (Phi) is 4.83. The molecule has 2 saturated heterocycles. The first kappa shape index (κ1) is 18.6. The van der Waals surface area contributed by atoms with Gasteiger partial charge in [0.25, 0.3) is 0 Å². The van der Waals surface area contributed by atoms with Crippen LogP contribution in [0.15, 0.2) is 0 Å². The topological polar surface area (TPSA) is 91.3 Å². The van der Waals surface area contributed by atoms with Crippen molar-refractivity contribution >= 4 is 5.91 Å². The van der Waals surface area contributed by atoms with Crippen LogP contribution in [0.5, 0.6) is 0 Å². The molecule has 7 heteroatoms. The van der Waals surface area contributed by atoms with Crippen molar-refractivity contribution in [3.8, 4) is 0 Å². The highest BCUT2D eigenvalue weighted by Crippen LogP contribution is 2.43. The van der Waals surface area contributed by atoms with E-state index in [4.69, 9.17) is 9.47 Å². The van der Waals surface area contributed by atoms with Crippen molar-refractivity contribution in [2.24, 2.45) is 5.92 Å². The standard InChI is InChI=1S/C16H30N2O5/c1-14(2)7-10(15(3,4)18(14)21)13(20)17-11-8-22-16(5,6)23-9-12(11)19/h10-12,19,21H,7-9H2,1-6H3,(H,17,20). The molecule has 0 aromatic carbocycles. The van der Waals surface area contributed by atoms with Crippen molar-refractivity contribution < 1.29 is 24.6 Å². The first-order valence-electron chi connectivity index (χ1n) is 8.12. The molecule has 3 unspecified atom stereocenters. The van der Waals surface area contributed by atoms with E-state index in [2.05, 4.69) is 5.32 Å². The Morgan fingerprint density at radius 1 is 1.13 bits per heavy atom. The molecule has 2 heterocycles. The summed E-state index contributed by atoms with van der Waals surface area (Å²) >= 11 is 0. The molecule has 134 valence electrons. The minimum Gasteiger partial charge on any atom is -0.388 e. The maximum atomic E-state index is 12.7. The summed E-state index contributed by atoms with van der Waals surface area (Å²) in [5.74, 6) is -1.35. The summed E-state index contributed by atoms with van der Waals surface area (Å²) in [7, 11) is 0. The number of carbonyl (C=O) groups excluding carboxylic acids is 1. The molecule has 2 aliphatic rings. The molecule has 0 aliphatic carbocycles. The van der Waals surface area contributed by atoms with Crippen LogP contribution in [0.2, 0.25) is 0 Å². The smallest absolute Gasteiger partial charge is 0.225 e. The second-order valence-electron chi connectivity index (χ2n) is 8.24. The normalized spacial score (nSPS) is 36.4. The molecular weight excluding hydrogens is 300 g/mol. The van der Waals surface area contributed by atoms with Crippen LogP contribution < -0.4 is 5.32 Å². The second-order valence-corrected chi connectivity index (χ2v) is 8.24. The number of hydroxylamine groups is 2. The van der Waals surface area contributed by atoms with Gasteiger partial charge in [0.05, 0.1) is 36.8 Å². The average Bonchev–Trinajstić information content (AvgIpc) is 2.53. The fourth-order valence-corrected chi connectivity index (χ4v) is 3.44. The first-order chi connectivity index (χ1) is 10.4. The number of ether oxygens (including phenoxy) is 2. The zero-order chi connectivity index (χ0) is 17.6. The molecule has 2 fully saturated rings. The maximum Gasteiger partial charge on any atom is 0.225 e. The Bertz CT molecular complexity index is 463. The molecule has 7 nitrogen and oxygen atoms in total. The molecule has 0 spiro atoms. The molecule has 2 rings (SSSR count). The van der Waals surface area contributed by atoms with Crippen LogP contribution in [-0.2, 0) is 14.3 Å². The van der Waals surface area contributed by atoms with E-state index in [1.165, 1.54) is 5.06 Å². The van der Waals surface area contributed by atoms with Crippen LogP contribution in [0.25, 0.3) is 0 Å². The lowest BCUT2D eigenvalue weighted by Gasteiger charge is -2.35. The van der Waals surface area contributed by atoms with Gasteiger partial charge in [-0.25, -0.2) is 0 Å². The van der Waals surface area contributed by atoms with Crippen LogP contribution in [0.1, 0.15) is 48.0 Å². The molecular formula is C16H30N2O5. The third kappa shape index (κ3) is 3.69. The first-order valence-corrected chi connectivity index (χ1v) is 8.12. The fraction of sp³-hybridized carbons (Fsp3) is 0.938. The summed E-state index contributed by atoms with van der Waals surface area (Å²) in [5.41, 5.74) is -1.16. The number of rotatable bonds is 2. The van der Waals surface area contributed by atoms with Crippen molar-refractivity contribution in [1.82, 2.24) is 10.4 Å². The van der Waals surface area contributed by atoms with Crippen LogP contribution in [0.4, 0.5) is 0 Å². The van der Waals surface area contributed by atoms with E-state index in [0.29, 0.717) is 6.42 Å². The SMILES string of the molecule is CC1(C)OCC(O)C(NC(=O)C2CC(C)(C)N(O)C2(C)C)CO1. The summed E-state index contributed by atoms with van der Waals surface area (Å²) in [6.07, 6.45) is -0.294. The van der Waals surface area contributed by atoms with E-state index in [0.717, 1.165) is 0 Å². The van der Waals surface area contributed by atoms with E-state index < -0.39 is 29.0 Å². The van der Waals surface area contributed by atoms with Crippen molar-refractivity contribution in [2.75, 3.05) is 13.2 Å². The Labute approximate surface area is 137 Å². The molecule has 0 radical (unpaired) electrons. The van der Waals surface area contributed by atoms with Crippen LogP contribution in [0, 0.1) is 5.92 Å². The molecule has 0 saturated carbocycles. The zero-order valence-corrected chi connectivity index (χ0v) is 14.9. The van der Waals surface area contributed by atoms with Gasteiger partial charge >= 0.3 is 0 Å². The number of hydrogen-bond donors (Lipinski definition) is 3. The van der Waals surface area contributed by atoms with Gasteiger partial charge in [-0.3, -0.25) is 4.79 Å². The molecule has 0 bridgehead atoms. The maximum absolute atomic E-state index is 12.7. The van der Waals surface area contributed by atoms with Gasteiger partial charge in [-0.1, -0.05) is 0 Å². The van der Waals surface area contributed by atoms with Crippen molar-refractivity contribution in [3.63, 3.8) is 0 Å². The van der Waals surface area contributed by atoms with Crippen molar-refractivity contribution in [1.29, 1.82) is 0 Å². The monoisotopic (exact) mass is 330 g/mol. The Hall–Kier alpha value is -0.730. The van der Waals surface area contributed by atoms with Crippen LogP contribution in [0.3, 0.4) is 0 Å². The van der Waals surface area contributed by atoms with Gasteiger partial charge < -0.3 is 25.1 Å². The van der Waals surface area contributed by atoms with E-state index in [-0.39, 0.29) is 25.0 Å². The summed E-state index contributed by atoms with van der Waals surface area (Å²) in [4.78, 5) is 12.7. The summed E-state index contributed by atoms with van der Waals surface area (Å²) in [6.45, 7) is 11.3. The third-order valence-electron chi connectivity index (χ3n) is 5.00. The van der Waals surface area contributed by atoms with Gasteiger partial charge in [-0.15, -0.1) is 0 Å². The number of aliphatic hydroxyl groups is 1. The average molecular weight is 330 g/mol. The minimum absolute atomic E-state index is 0.101. The zero-order valence-electron chi connectivity index (χ0n) is 14.9. The number of nitrogens with zero attached hydrogens (tertiary/aromatic N) is 1. The number of carbonyl (C=O) groups is 1. The molecule has 2 aliphatic heterocycles. The predicted octanol–water partition coefficient (Wildman–Crippen LogP) is 0.883. The number of amides is 1.